The highest BCUT2D eigenvalue weighted by molar-refractivity contribution is 5.98. The average molecular weight is 419 g/mol. The van der Waals surface area contributed by atoms with Crippen molar-refractivity contribution in [3.8, 4) is 5.75 Å². The standard InChI is InChI=1S/C19H18FN3O7/c1-11(18(25)22-15-8-7-12(29-2)9-16(15)23(27)28)30-17(24)10-21-19(26)13-5-3-4-6-14(13)20/h3-9,11H,10H2,1-2H3,(H,21,26)(H,22,25). The maximum absolute atomic E-state index is 13.5. The van der Waals surface area contributed by atoms with E-state index < -0.39 is 46.9 Å². The molecule has 0 fully saturated rings. The molecule has 1 unspecified atom stereocenters. The molecule has 2 rings (SSSR count). The van der Waals surface area contributed by atoms with Crippen LogP contribution in [0.3, 0.4) is 0 Å². The number of hydrogen-bond acceptors (Lipinski definition) is 7. The molecule has 0 aliphatic rings. The number of nitro groups is 1. The molecule has 2 N–H and O–H groups in total. The van der Waals surface area contributed by atoms with Crippen LogP contribution in [0.5, 0.6) is 5.75 Å². The summed E-state index contributed by atoms with van der Waals surface area (Å²) < 4.78 is 23.3. The average Bonchev–Trinajstić information content (AvgIpc) is 2.72. The number of carbonyl (C=O) groups is 3. The van der Waals surface area contributed by atoms with Crippen molar-refractivity contribution in [3.63, 3.8) is 0 Å². The minimum absolute atomic E-state index is 0.110. The molecule has 0 radical (unpaired) electrons. The highest BCUT2D eigenvalue weighted by atomic mass is 19.1. The zero-order valence-electron chi connectivity index (χ0n) is 16.0. The van der Waals surface area contributed by atoms with E-state index in [1.165, 1.54) is 44.4 Å². The van der Waals surface area contributed by atoms with Gasteiger partial charge in [-0.05, 0) is 31.2 Å². The van der Waals surface area contributed by atoms with E-state index >= 15 is 0 Å². The minimum Gasteiger partial charge on any atom is -0.496 e. The lowest BCUT2D eigenvalue weighted by Gasteiger charge is -2.14. The molecule has 2 amide bonds. The Labute approximate surface area is 170 Å². The second-order valence-electron chi connectivity index (χ2n) is 5.92. The number of nitrogens with one attached hydrogen (secondary N) is 2. The van der Waals surface area contributed by atoms with Crippen molar-refractivity contribution in [2.45, 2.75) is 13.0 Å². The Kier molecular flexibility index (Phi) is 7.39. The molecule has 0 saturated heterocycles. The molecule has 158 valence electrons. The Hall–Kier alpha value is -4.02. The largest absolute Gasteiger partial charge is 0.496 e. The zero-order chi connectivity index (χ0) is 22.3. The van der Waals surface area contributed by atoms with Gasteiger partial charge in [-0.25, -0.2) is 4.39 Å². The first-order chi connectivity index (χ1) is 14.2. The van der Waals surface area contributed by atoms with Crippen LogP contribution < -0.4 is 15.4 Å². The molecule has 10 nitrogen and oxygen atoms in total. The van der Waals surface area contributed by atoms with E-state index in [1.807, 2.05) is 0 Å². The molecular weight excluding hydrogens is 401 g/mol. The molecule has 2 aromatic rings. The first kappa shape index (κ1) is 22.3. The van der Waals surface area contributed by atoms with E-state index in [0.717, 1.165) is 12.1 Å². The van der Waals surface area contributed by atoms with Crippen LogP contribution in [-0.4, -0.2) is 42.5 Å². The van der Waals surface area contributed by atoms with Gasteiger partial charge in [0.05, 0.1) is 23.7 Å². The van der Waals surface area contributed by atoms with Gasteiger partial charge in [-0.1, -0.05) is 12.1 Å². The van der Waals surface area contributed by atoms with Gasteiger partial charge in [-0.3, -0.25) is 24.5 Å². The fourth-order valence-electron chi connectivity index (χ4n) is 2.31. The van der Waals surface area contributed by atoms with Crippen LogP contribution in [0, 0.1) is 15.9 Å². The predicted molar refractivity (Wildman–Crippen MR) is 103 cm³/mol. The van der Waals surface area contributed by atoms with Crippen molar-refractivity contribution < 1.29 is 33.2 Å². The van der Waals surface area contributed by atoms with Crippen molar-refractivity contribution in [1.82, 2.24) is 5.32 Å². The van der Waals surface area contributed by atoms with Gasteiger partial charge in [0.2, 0.25) is 0 Å². The lowest BCUT2D eigenvalue weighted by atomic mass is 10.2. The number of anilines is 1. The third-order valence-electron chi connectivity index (χ3n) is 3.85. The van der Waals surface area contributed by atoms with Crippen molar-refractivity contribution in [2.24, 2.45) is 0 Å². The SMILES string of the molecule is COc1ccc(NC(=O)C(C)OC(=O)CNC(=O)c2ccccc2F)c([N+](=O)[O-])c1. The lowest BCUT2D eigenvalue weighted by Crippen LogP contribution is -2.36. The van der Waals surface area contributed by atoms with E-state index in [4.69, 9.17) is 9.47 Å². The van der Waals surface area contributed by atoms with Gasteiger partial charge in [0.1, 0.15) is 23.8 Å². The molecule has 0 bridgehead atoms. The quantitative estimate of drug-likeness (QED) is 0.379. The molecule has 0 spiro atoms. The van der Waals surface area contributed by atoms with Crippen molar-refractivity contribution in [3.05, 3.63) is 64.0 Å². The lowest BCUT2D eigenvalue weighted by molar-refractivity contribution is -0.384. The summed E-state index contributed by atoms with van der Waals surface area (Å²) in [5.41, 5.74) is -0.761. The summed E-state index contributed by atoms with van der Waals surface area (Å²) in [6, 6.07) is 9.03. The number of carbonyl (C=O) groups excluding carboxylic acids is 3. The molecule has 30 heavy (non-hydrogen) atoms. The minimum atomic E-state index is -1.32. The number of halogens is 1. The van der Waals surface area contributed by atoms with Crippen LogP contribution in [0.25, 0.3) is 0 Å². The van der Waals surface area contributed by atoms with Crippen LogP contribution in [0.1, 0.15) is 17.3 Å². The van der Waals surface area contributed by atoms with Gasteiger partial charge in [-0.15, -0.1) is 0 Å². The number of nitrogens with zero attached hydrogens (tertiary/aromatic N) is 1. The Morgan fingerprint density at radius 3 is 2.53 bits per heavy atom. The fourth-order valence-corrected chi connectivity index (χ4v) is 2.31. The Morgan fingerprint density at radius 2 is 1.90 bits per heavy atom. The number of rotatable bonds is 8. The highest BCUT2D eigenvalue weighted by Crippen LogP contribution is 2.29. The molecule has 2 aromatic carbocycles. The number of hydrogen-bond donors (Lipinski definition) is 2. The van der Waals surface area contributed by atoms with Crippen molar-refractivity contribution in [2.75, 3.05) is 19.0 Å². The smallest absolute Gasteiger partial charge is 0.326 e. The molecule has 11 heteroatoms. The maximum Gasteiger partial charge on any atom is 0.326 e. The molecule has 0 aliphatic carbocycles. The van der Waals surface area contributed by atoms with Crippen molar-refractivity contribution >= 4 is 29.2 Å². The molecular formula is C19H18FN3O7. The van der Waals surface area contributed by atoms with Crippen LogP contribution >= 0.6 is 0 Å². The Bertz CT molecular complexity index is 980. The maximum atomic E-state index is 13.5. The van der Waals surface area contributed by atoms with Gasteiger partial charge in [0.25, 0.3) is 17.5 Å². The van der Waals surface area contributed by atoms with Crippen LogP contribution in [-0.2, 0) is 14.3 Å². The Morgan fingerprint density at radius 1 is 1.20 bits per heavy atom. The normalized spacial score (nSPS) is 11.2. The van der Waals surface area contributed by atoms with Gasteiger partial charge < -0.3 is 20.1 Å². The Balaban J connectivity index is 1.93. The van der Waals surface area contributed by atoms with Gasteiger partial charge in [0, 0.05) is 0 Å². The van der Waals surface area contributed by atoms with Crippen molar-refractivity contribution in [1.29, 1.82) is 0 Å². The third-order valence-corrected chi connectivity index (χ3v) is 3.85. The summed E-state index contributed by atoms with van der Waals surface area (Å²) in [7, 11) is 1.34. The van der Waals surface area contributed by atoms with E-state index in [1.54, 1.807) is 0 Å². The first-order valence-corrected chi connectivity index (χ1v) is 8.58. The number of ether oxygens (including phenoxy) is 2. The summed E-state index contributed by atoms with van der Waals surface area (Å²) in [6.45, 7) is 0.648. The number of esters is 1. The molecule has 1 atom stereocenters. The summed E-state index contributed by atoms with van der Waals surface area (Å²) in [6.07, 6.45) is -1.32. The fraction of sp³-hybridized carbons (Fsp3) is 0.211. The highest BCUT2D eigenvalue weighted by Gasteiger charge is 2.23. The number of amides is 2. The van der Waals surface area contributed by atoms with Gasteiger partial charge >= 0.3 is 5.97 Å². The first-order valence-electron chi connectivity index (χ1n) is 8.58. The molecule has 0 heterocycles. The van der Waals surface area contributed by atoms with Gasteiger partial charge in [-0.2, -0.15) is 0 Å². The van der Waals surface area contributed by atoms with Crippen LogP contribution in [0.2, 0.25) is 0 Å². The van der Waals surface area contributed by atoms with Crippen LogP contribution in [0.15, 0.2) is 42.5 Å². The second-order valence-corrected chi connectivity index (χ2v) is 5.92. The number of methoxy groups -OCH3 is 1. The summed E-state index contributed by atoms with van der Waals surface area (Å²) in [5.74, 6) is -3.12. The van der Waals surface area contributed by atoms with E-state index in [2.05, 4.69) is 10.6 Å². The topological polar surface area (TPSA) is 137 Å². The van der Waals surface area contributed by atoms with E-state index in [-0.39, 0.29) is 17.0 Å². The van der Waals surface area contributed by atoms with Crippen LogP contribution in [0.4, 0.5) is 15.8 Å². The number of benzene rings is 2. The van der Waals surface area contributed by atoms with E-state index in [9.17, 15) is 28.9 Å². The van der Waals surface area contributed by atoms with Gasteiger partial charge in [0.15, 0.2) is 6.10 Å². The zero-order valence-corrected chi connectivity index (χ0v) is 16.0. The van der Waals surface area contributed by atoms with E-state index in [0.29, 0.717) is 0 Å². The monoisotopic (exact) mass is 419 g/mol. The third kappa shape index (κ3) is 5.74. The molecule has 0 aliphatic heterocycles. The summed E-state index contributed by atoms with van der Waals surface area (Å²) in [5, 5.41) is 15.6. The summed E-state index contributed by atoms with van der Waals surface area (Å²) in [4.78, 5) is 46.4. The second kappa shape index (κ2) is 9.96. The number of nitro benzene ring substituents is 1. The summed E-state index contributed by atoms with van der Waals surface area (Å²) >= 11 is 0. The molecule has 0 saturated carbocycles. The predicted octanol–water partition coefficient (Wildman–Crippen LogP) is 2.04. The molecule has 0 aromatic heterocycles.